The first-order valence-corrected chi connectivity index (χ1v) is 9.45. The molecule has 144 valence electrons. The molecule has 1 fully saturated rings. The summed E-state index contributed by atoms with van der Waals surface area (Å²) in [7, 11) is 0. The van der Waals surface area contributed by atoms with Gasteiger partial charge >= 0.3 is 0 Å². The average Bonchev–Trinajstić information content (AvgIpc) is 2.71. The summed E-state index contributed by atoms with van der Waals surface area (Å²) in [6.07, 6.45) is 0. The van der Waals surface area contributed by atoms with Crippen molar-refractivity contribution in [2.45, 2.75) is 20.8 Å². The van der Waals surface area contributed by atoms with Crippen LogP contribution in [0.5, 0.6) is 0 Å². The van der Waals surface area contributed by atoms with E-state index in [-0.39, 0.29) is 5.91 Å². The van der Waals surface area contributed by atoms with Gasteiger partial charge in [0.1, 0.15) is 0 Å². The number of nitrogens with zero attached hydrogens (tertiary/aromatic N) is 4. The van der Waals surface area contributed by atoms with E-state index in [4.69, 9.17) is 4.74 Å². The fraction of sp³-hybridized carbons (Fsp3) is 0.450. The lowest BCUT2D eigenvalue weighted by atomic mass is 10.1. The predicted octanol–water partition coefficient (Wildman–Crippen LogP) is 2.72. The third-order valence-corrected chi connectivity index (χ3v) is 4.80. The van der Waals surface area contributed by atoms with Gasteiger partial charge in [-0.15, -0.1) is 10.2 Å². The number of ether oxygens (including phenoxy) is 1. The topological polar surface area (TPSA) is 70.6 Å². The van der Waals surface area contributed by atoms with Crippen LogP contribution in [0.25, 0.3) is 0 Å². The Kier molecular flexibility index (Phi) is 6.24. The van der Waals surface area contributed by atoms with Gasteiger partial charge in [0.05, 0.1) is 13.2 Å². The van der Waals surface area contributed by atoms with E-state index >= 15 is 0 Å². The van der Waals surface area contributed by atoms with Crippen molar-refractivity contribution in [3.63, 3.8) is 0 Å². The Balaban J connectivity index is 1.68. The summed E-state index contributed by atoms with van der Waals surface area (Å²) in [5.41, 5.74) is 3.27. The molecule has 1 aliphatic heterocycles. The normalized spacial score (nSPS) is 14.1. The highest BCUT2D eigenvalue weighted by Crippen LogP contribution is 2.23. The molecule has 0 unspecified atom stereocenters. The Hall–Kier alpha value is -2.67. The zero-order valence-corrected chi connectivity index (χ0v) is 16.2. The summed E-state index contributed by atoms with van der Waals surface area (Å²) in [6, 6.07) is 9.62. The zero-order chi connectivity index (χ0) is 19.2. The van der Waals surface area contributed by atoms with Gasteiger partial charge in [-0.1, -0.05) is 0 Å². The van der Waals surface area contributed by atoms with Crippen LogP contribution in [0.15, 0.2) is 30.3 Å². The molecule has 0 bridgehead atoms. The maximum Gasteiger partial charge on any atom is 0.276 e. The number of nitrogens with one attached hydrogen (secondary N) is 1. The molecular weight excluding hydrogens is 342 g/mol. The standard InChI is InChI=1S/C20H27N5O2/c1-4-24(5-2)16-6-7-17(15(3)14-16)21-20(26)18-8-9-19(23-22-18)25-10-12-27-13-11-25/h6-9,14H,4-5,10-13H2,1-3H3,(H,21,26). The van der Waals surface area contributed by atoms with E-state index in [0.717, 1.165) is 48.9 Å². The maximum absolute atomic E-state index is 12.5. The molecule has 0 aliphatic carbocycles. The van der Waals surface area contributed by atoms with Gasteiger partial charge in [-0.05, 0) is 56.7 Å². The van der Waals surface area contributed by atoms with Crippen LogP contribution in [-0.4, -0.2) is 55.5 Å². The number of anilines is 3. The largest absolute Gasteiger partial charge is 0.378 e. The molecule has 1 aromatic carbocycles. The van der Waals surface area contributed by atoms with Gasteiger partial charge in [0.25, 0.3) is 5.91 Å². The molecule has 2 aromatic rings. The minimum absolute atomic E-state index is 0.255. The molecule has 27 heavy (non-hydrogen) atoms. The van der Waals surface area contributed by atoms with Gasteiger partial charge in [-0.25, -0.2) is 0 Å². The van der Waals surface area contributed by atoms with E-state index in [1.54, 1.807) is 6.07 Å². The molecule has 1 N–H and O–H groups in total. The van der Waals surface area contributed by atoms with Gasteiger partial charge in [-0.2, -0.15) is 0 Å². The third-order valence-electron chi connectivity index (χ3n) is 4.80. The van der Waals surface area contributed by atoms with E-state index < -0.39 is 0 Å². The van der Waals surface area contributed by atoms with Crippen LogP contribution in [0, 0.1) is 6.92 Å². The molecule has 1 aromatic heterocycles. The maximum atomic E-state index is 12.5. The van der Waals surface area contributed by atoms with Gasteiger partial charge in [0.2, 0.25) is 0 Å². The van der Waals surface area contributed by atoms with Crippen molar-refractivity contribution < 1.29 is 9.53 Å². The number of aromatic nitrogens is 2. The minimum atomic E-state index is -0.255. The van der Waals surface area contributed by atoms with Crippen LogP contribution in [0.1, 0.15) is 29.9 Å². The van der Waals surface area contributed by atoms with Crippen molar-refractivity contribution in [2.24, 2.45) is 0 Å². The van der Waals surface area contributed by atoms with Crippen LogP contribution in [0.3, 0.4) is 0 Å². The SMILES string of the molecule is CCN(CC)c1ccc(NC(=O)c2ccc(N3CCOCC3)nn2)c(C)c1. The summed E-state index contributed by atoms with van der Waals surface area (Å²) in [4.78, 5) is 16.9. The second-order valence-electron chi connectivity index (χ2n) is 6.50. The minimum Gasteiger partial charge on any atom is -0.378 e. The molecule has 0 radical (unpaired) electrons. The first kappa shape index (κ1) is 19.1. The lowest BCUT2D eigenvalue weighted by molar-refractivity contribution is 0.102. The molecule has 2 heterocycles. The summed E-state index contributed by atoms with van der Waals surface area (Å²) in [5.74, 6) is 0.518. The van der Waals surface area contributed by atoms with Gasteiger partial charge in [0, 0.05) is 37.6 Å². The number of hydrogen-bond donors (Lipinski definition) is 1. The number of benzene rings is 1. The molecule has 7 nitrogen and oxygen atoms in total. The molecule has 1 amide bonds. The predicted molar refractivity (Wildman–Crippen MR) is 108 cm³/mol. The van der Waals surface area contributed by atoms with Crippen molar-refractivity contribution in [2.75, 3.05) is 54.5 Å². The quantitative estimate of drug-likeness (QED) is 0.844. The highest BCUT2D eigenvalue weighted by molar-refractivity contribution is 6.03. The molecule has 0 atom stereocenters. The Bertz CT molecular complexity index is 768. The smallest absolute Gasteiger partial charge is 0.276 e. The third kappa shape index (κ3) is 4.54. The molecule has 1 saturated heterocycles. The number of morpholine rings is 1. The highest BCUT2D eigenvalue weighted by atomic mass is 16.5. The molecular formula is C20H27N5O2. The fourth-order valence-corrected chi connectivity index (χ4v) is 3.17. The van der Waals surface area contributed by atoms with E-state index in [2.05, 4.69) is 45.2 Å². The van der Waals surface area contributed by atoms with E-state index in [0.29, 0.717) is 18.9 Å². The molecule has 3 rings (SSSR count). The summed E-state index contributed by atoms with van der Waals surface area (Å²) < 4.78 is 5.34. The molecule has 1 aliphatic rings. The van der Waals surface area contributed by atoms with Gasteiger partial charge < -0.3 is 19.9 Å². The number of rotatable bonds is 6. The van der Waals surface area contributed by atoms with Crippen molar-refractivity contribution in [3.8, 4) is 0 Å². The summed E-state index contributed by atoms with van der Waals surface area (Å²) in [6.45, 7) is 11.1. The fourth-order valence-electron chi connectivity index (χ4n) is 3.17. The first-order chi connectivity index (χ1) is 13.1. The number of aryl methyl sites for hydroxylation is 1. The van der Waals surface area contributed by atoms with Crippen molar-refractivity contribution in [1.82, 2.24) is 10.2 Å². The van der Waals surface area contributed by atoms with E-state index in [9.17, 15) is 4.79 Å². The van der Waals surface area contributed by atoms with E-state index in [1.807, 2.05) is 25.1 Å². The average molecular weight is 369 g/mol. The van der Waals surface area contributed by atoms with Crippen LogP contribution in [0.2, 0.25) is 0 Å². The second-order valence-corrected chi connectivity index (χ2v) is 6.50. The molecule has 0 saturated carbocycles. The Morgan fingerprint density at radius 2 is 1.89 bits per heavy atom. The van der Waals surface area contributed by atoms with E-state index in [1.165, 1.54) is 0 Å². The van der Waals surface area contributed by atoms with Gasteiger partial charge in [0.15, 0.2) is 11.5 Å². The number of carbonyl (C=O) groups excluding carboxylic acids is 1. The van der Waals surface area contributed by atoms with Crippen LogP contribution in [0.4, 0.5) is 17.2 Å². The van der Waals surface area contributed by atoms with Crippen molar-refractivity contribution in [1.29, 1.82) is 0 Å². The number of amides is 1. The zero-order valence-electron chi connectivity index (χ0n) is 16.2. The highest BCUT2D eigenvalue weighted by Gasteiger charge is 2.15. The lowest BCUT2D eigenvalue weighted by Crippen LogP contribution is -2.37. The Morgan fingerprint density at radius 1 is 1.15 bits per heavy atom. The molecule has 0 spiro atoms. The van der Waals surface area contributed by atoms with Crippen molar-refractivity contribution in [3.05, 3.63) is 41.6 Å². The number of carbonyl (C=O) groups is 1. The monoisotopic (exact) mass is 369 g/mol. The van der Waals surface area contributed by atoms with Gasteiger partial charge in [-0.3, -0.25) is 4.79 Å². The van der Waals surface area contributed by atoms with Crippen LogP contribution < -0.4 is 15.1 Å². The Morgan fingerprint density at radius 3 is 2.48 bits per heavy atom. The molecule has 7 heteroatoms. The second kappa shape index (κ2) is 8.81. The first-order valence-electron chi connectivity index (χ1n) is 9.45. The lowest BCUT2D eigenvalue weighted by Gasteiger charge is -2.27. The van der Waals surface area contributed by atoms with Crippen molar-refractivity contribution >= 4 is 23.1 Å². The summed E-state index contributed by atoms with van der Waals surface area (Å²) in [5, 5.41) is 11.2. The summed E-state index contributed by atoms with van der Waals surface area (Å²) >= 11 is 0. The van der Waals surface area contributed by atoms with Crippen LogP contribution >= 0.6 is 0 Å². The van der Waals surface area contributed by atoms with Crippen LogP contribution in [-0.2, 0) is 4.74 Å². The Labute approximate surface area is 160 Å². The number of hydrogen-bond acceptors (Lipinski definition) is 6.